The van der Waals surface area contributed by atoms with E-state index in [4.69, 9.17) is 5.73 Å². The molecule has 2 N–H and O–H groups in total. The van der Waals surface area contributed by atoms with Crippen LogP contribution in [0.1, 0.15) is 25.5 Å². The van der Waals surface area contributed by atoms with Gasteiger partial charge in [-0.1, -0.05) is 13.3 Å². The summed E-state index contributed by atoms with van der Waals surface area (Å²) in [5.41, 5.74) is 8.28. The Morgan fingerprint density at radius 3 is 2.63 bits per heavy atom. The molecule has 4 heteroatoms. The van der Waals surface area contributed by atoms with Gasteiger partial charge < -0.3 is 10.6 Å². The van der Waals surface area contributed by atoms with Crippen LogP contribution in [0.5, 0.6) is 0 Å². The lowest BCUT2D eigenvalue weighted by Crippen LogP contribution is -2.52. The van der Waals surface area contributed by atoms with Crippen molar-refractivity contribution in [3.05, 3.63) is 24.0 Å². The van der Waals surface area contributed by atoms with E-state index in [1.165, 1.54) is 18.5 Å². The van der Waals surface area contributed by atoms with Crippen LogP contribution in [-0.2, 0) is 0 Å². The second kappa shape index (κ2) is 6.87. The first-order valence-corrected chi connectivity index (χ1v) is 7.36. The molecule has 1 aliphatic rings. The third kappa shape index (κ3) is 3.67. The summed E-state index contributed by atoms with van der Waals surface area (Å²) in [5, 5.41) is 0. The minimum Gasteiger partial charge on any atom is -0.369 e. The molecule has 19 heavy (non-hydrogen) atoms. The minimum absolute atomic E-state index is 0.561. The summed E-state index contributed by atoms with van der Waals surface area (Å²) in [6.07, 6.45) is 4.33. The normalized spacial score (nSPS) is 18.6. The van der Waals surface area contributed by atoms with Crippen molar-refractivity contribution in [2.45, 2.75) is 32.7 Å². The molecule has 1 aromatic heterocycles. The number of nitrogens with zero attached hydrogens (tertiary/aromatic N) is 3. The van der Waals surface area contributed by atoms with Crippen molar-refractivity contribution in [1.29, 1.82) is 0 Å². The summed E-state index contributed by atoms with van der Waals surface area (Å²) >= 11 is 0. The number of piperazine rings is 1. The third-order valence-electron chi connectivity index (χ3n) is 3.97. The lowest BCUT2D eigenvalue weighted by molar-refractivity contribution is 0.179. The lowest BCUT2D eigenvalue weighted by Gasteiger charge is -2.40. The van der Waals surface area contributed by atoms with Gasteiger partial charge in [0.25, 0.3) is 0 Å². The first-order chi connectivity index (χ1) is 9.24. The van der Waals surface area contributed by atoms with Gasteiger partial charge in [0.2, 0.25) is 0 Å². The molecule has 0 radical (unpaired) electrons. The molecule has 0 saturated carbocycles. The number of hydrogen-bond acceptors (Lipinski definition) is 4. The highest BCUT2D eigenvalue weighted by Gasteiger charge is 2.22. The van der Waals surface area contributed by atoms with Crippen LogP contribution < -0.4 is 10.6 Å². The van der Waals surface area contributed by atoms with Gasteiger partial charge in [-0.25, -0.2) is 0 Å². The zero-order chi connectivity index (χ0) is 13.7. The van der Waals surface area contributed by atoms with Gasteiger partial charge in [0.1, 0.15) is 0 Å². The maximum absolute atomic E-state index is 5.89. The average Bonchev–Trinajstić information content (AvgIpc) is 2.45. The Morgan fingerprint density at radius 2 is 2.05 bits per heavy atom. The van der Waals surface area contributed by atoms with Crippen molar-refractivity contribution in [1.82, 2.24) is 9.88 Å². The maximum atomic E-state index is 5.89. The van der Waals surface area contributed by atoms with Gasteiger partial charge in [-0.05, 0) is 25.5 Å². The van der Waals surface area contributed by atoms with E-state index in [1.54, 1.807) is 0 Å². The van der Waals surface area contributed by atoms with Gasteiger partial charge in [0.05, 0.1) is 0 Å². The second-order valence-corrected chi connectivity index (χ2v) is 5.36. The largest absolute Gasteiger partial charge is 0.369 e. The highest BCUT2D eigenvalue weighted by Crippen LogP contribution is 2.18. The molecule has 0 aliphatic carbocycles. The van der Waals surface area contributed by atoms with E-state index in [-0.39, 0.29) is 0 Å². The van der Waals surface area contributed by atoms with Crippen LogP contribution in [0.3, 0.4) is 0 Å². The van der Waals surface area contributed by atoms with E-state index in [1.807, 2.05) is 13.1 Å². The standard InChI is InChI=1S/C15H26N4/c1-3-4-15(12-16)19-9-7-18(8-10-19)14-5-6-17-13(2)11-14/h5-6,11,15H,3-4,7-10,12,16H2,1-2H3. The van der Waals surface area contributed by atoms with Crippen LogP contribution in [0.4, 0.5) is 5.69 Å². The highest BCUT2D eigenvalue weighted by atomic mass is 15.3. The molecule has 0 spiro atoms. The predicted molar refractivity (Wildman–Crippen MR) is 80.5 cm³/mol. The summed E-state index contributed by atoms with van der Waals surface area (Å²) in [6.45, 7) is 9.46. The van der Waals surface area contributed by atoms with E-state index < -0.39 is 0 Å². The zero-order valence-corrected chi connectivity index (χ0v) is 12.2. The smallest absolute Gasteiger partial charge is 0.0400 e. The summed E-state index contributed by atoms with van der Waals surface area (Å²) in [7, 11) is 0. The van der Waals surface area contributed by atoms with Gasteiger partial charge in [-0.3, -0.25) is 9.88 Å². The Morgan fingerprint density at radius 1 is 1.32 bits per heavy atom. The second-order valence-electron chi connectivity index (χ2n) is 5.36. The molecule has 2 heterocycles. The number of nitrogens with two attached hydrogens (primary N) is 1. The fourth-order valence-corrected chi connectivity index (χ4v) is 2.86. The molecule has 2 rings (SSSR count). The van der Waals surface area contributed by atoms with Gasteiger partial charge in [-0.2, -0.15) is 0 Å². The predicted octanol–water partition coefficient (Wildman–Crippen LogP) is 1.64. The molecule has 1 saturated heterocycles. The molecule has 106 valence electrons. The monoisotopic (exact) mass is 262 g/mol. The Labute approximate surface area is 116 Å². The van der Waals surface area contributed by atoms with Gasteiger partial charge >= 0.3 is 0 Å². The Hall–Kier alpha value is -1.13. The Bertz CT molecular complexity index is 385. The van der Waals surface area contributed by atoms with Crippen molar-refractivity contribution < 1.29 is 0 Å². The molecule has 1 fully saturated rings. The maximum Gasteiger partial charge on any atom is 0.0400 e. The van der Waals surface area contributed by atoms with Crippen molar-refractivity contribution in [2.24, 2.45) is 5.73 Å². The molecular weight excluding hydrogens is 236 g/mol. The topological polar surface area (TPSA) is 45.4 Å². The number of aryl methyl sites for hydroxylation is 1. The quantitative estimate of drug-likeness (QED) is 0.876. The molecule has 0 bridgehead atoms. The van der Waals surface area contributed by atoms with Crippen molar-refractivity contribution in [2.75, 3.05) is 37.6 Å². The highest BCUT2D eigenvalue weighted by molar-refractivity contribution is 5.46. The SMILES string of the molecule is CCCC(CN)N1CCN(c2ccnc(C)c2)CC1. The Kier molecular flexibility index (Phi) is 5.16. The third-order valence-corrected chi connectivity index (χ3v) is 3.97. The molecular formula is C15H26N4. The summed E-state index contributed by atoms with van der Waals surface area (Å²) in [4.78, 5) is 9.26. The first-order valence-electron chi connectivity index (χ1n) is 7.36. The lowest BCUT2D eigenvalue weighted by atomic mass is 10.1. The van der Waals surface area contributed by atoms with Crippen LogP contribution in [-0.4, -0.2) is 48.6 Å². The van der Waals surface area contributed by atoms with E-state index in [0.29, 0.717) is 6.04 Å². The van der Waals surface area contributed by atoms with Gasteiger partial charge in [0, 0.05) is 56.3 Å². The molecule has 4 nitrogen and oxygen atoms in total. The molecule has 0 aromatic carbocycles. The van der Waals surface area contributed by atoms with Crippen LogP contribution in [0.2, 0.25) is 0 Å². The van der Waals surface area contributed by atoms with E-state index in [9.17, 15) is 0 Å². The summed E-state index contributed by atoms with van der Waals surface area (Å²) in [5.74, 6) is 0. The molecule has 1 aromatic rings. The summed E-state index contributed by atoms with van der Waals surface area (Å²) in [6, 6.07) is 4.84. The van der Waals surface area contributed by atoms with Gasteiger partial charge in [0.15, 0.2) is 0 Å². The van der Waals surface area contributed by atoms with Crippen molar-refractivity contribution >= 4 is 5.69 Å². The zero-order valence-electron chi connectivity index (χ0n) is 12.2. The fraction of sp³-hybridized carbons (Fsp3) is 0.667. The molecule has 1 atom stereocenters. The van der Waals surface area contributed by atoms with Crippen LogP contribution in [0.25, 0.3) is 0 Å². The van der Waals surface area contributed by atoms with Crippen LogP contribution in [0.15, 0.2) is 18.3 Å². The van der Waals surface area contributed by atoms with E-state index >= 15 is 0 Å². The van der Waals surface area contributed by atoms with Crippen molar-refractivity contribution in [3.8, 4) is 0 Å². The number of rotatable bonds is 5. The molecule has 1 aliphatic heterocycles. The summed E-state index contributed by atoms with van der Waals surface area (Å²) < 4.78 is 0. The van der Waals surface area contributed by atoms with E-state index in [2.05, 4.69) is 33.8 Å². The van der Waals surface area contributed by atoms with Crippen molar-refractivity contribution in [3.63, 3.8) is 0 Å². The Balaban J connectivity index is 1.91. The molecule has 1 unspecified atom stereocenters. The van der Waals surface area contributed by atoms with Crippen LogP contribution >= 0.6 is 0 Å². The number of pyridine rings is 1. The fourth-order valence-electron chi connectivity index (χ4n) is 2.86. The van der Waals surface area contributed by atoms with E-state index in [0.717, 1.165) is 38.4 Å². The average molecular weight is 262 g/mol. The number of hydrogen-bond donors (Lipinski definition) is 1. The van der Waals surface area contributed by atoms with Crippen LogP contribution in [0, 0.1) is 6.92 Å². The molecule has 0 amide bonds. The number of aromatic nitrogens is 1. The van der Waals surface area contributed by atoms with Gasteiger partial charge in [-0.15, -0.1) is 0 Å². The minimum atomic E-state index is 0.561. The number of anilines is 1. The first kappa shape index (κ1) is 14.3.